The normalized spacial score (nSPS) is 16.8. The van der Waals surface area contributed by atoms with Crippen molar-refractivity contribution in [1.82, 2.24) is 15.6 Å². The highest BCUT2D eigenvalue weighted by molar-refractivity contribution is 7.13. The van der Waals surface area contributed by atoms with E-state index in [1.54, 1.807) is 18.4 Å². The maximum Gasteiger partial charge on any atom is 0.191 e. The van der Waals surface area contributed by atoms with Crippen LogP contribution in [-0.2, 0) is 6.54 Å². The maximum atomic E-state index is 5.73. The lowest BCUT2D eigenvalue weighted by Crippen LogP contribution is -2.39. The summed E-state index contributed by atoms with van der Waals surface area (Å²) in [6.07, 6.45) is 1.01. The maximum absolute atomic E-state index is 5.73. The van der Waals surface area contributed by atoms with Crippen molar-refractivity contribution in [3.05, 3.63) is 40.9 Å². The third-order valence-electron chi connectivity index (χ3n) is 4.18. The molecule has 1 atom stereocenters. The third kappa shape index (κ3) is 4.42. The Kier molecular flexibility index (Phi) is 5.75. The van der Waals surface area contributed by atoms with E-state index in [9.17, 15) is 0 Å². The van der Waals surface area contributed by atoms with Crippen molar-refractivity contribution in [2.24, 2.45) is 4.99 Å². The van der Waals surface area contributed by atoms with Crippen molar-refractivity contribution in [3.8, 4) is 5.75 Å². The van der Waals surface area contributed by atoms with Gasteiger partial charge in [-0.05, 0) is 18.1 Å². The summed E-state index contributed by atoms with van der Waals surface area (Å²) < 4.78 is 5.73. The van der Waals surface area contributed by atoms with Crippen LogP contribution >= 0.6 is 11.3 Å². The Morgan fingerprint density at radius 2 is 2.20 bits per heavy atom. The number of aromatic nitrogens is 1. The predicted molar refractivity (Wildman–Crippen MR) is 104 cm³/mol. The first-order valence-electron chi connectivity index (χ1n) is 8.45. The first kappa shape index (κ1) is 17.5. The van der Waals surface area contributed by atoms with Crippen LogP contribution < -0.4 is 20.3 Å². The summed E-state index contributed by atoms with van der Waals surface area (Å²) in [6.45, 7) is 2.26. The Labute approximate surface area is 152 Å². The smallest absolute Gasteiger partial charge is 0.191 e. The van der Waals surface area contributed by atoms with Gasteiger partial charge in [0, 0.05) is 39.0 Å². The van der Waals surface area contributed by atoms with Gasteiger partial charge in [0.25, 0.3) is 0 Å². The molecule has 1 aliphatic heterocycles. The number of anilines is 1. The number of fused-ring (bicyclic) bond motifs is 1. The number of ether oxygens (including phenoxy) is 1. The van der Waals surface area contributed by atoms with Gasteiger partial charge in [-0.25, -0.2) is 4.98 Å². The average molecular weight is 359 g/mol. The molecule has 2 aromatic rings. The van der Waals surface area contributed by atoms with Gasteiger partial charge in [-0.3, -0.25) is 4.99 Å². The van der Waals surface area contributed by atoms with Crippen LogP contribution in [0.15, 0.2) is 34.6 Å². The van der Waals surface area contributed by atoms with E-state index >= 15 is 0 Å². The lowest BCUT2D eigenvalue weighted by atomic mass is 9.93. The molecule has 0 spiro atoms. The van der Waals surface area contributed by atoms with Crippen LogP contribution in [0.5, 0.6) is 5.75 Å². The summed E-state index contributed by atoms with van der Waals surface area (Å²) in [7, 11) is 5.80. The predicted octanol–water partition coefficient (Wildman–Crippen LogP) is 2.44. The van der Waals surface area contributed by atoms with Crippen molar-refractivity contribution in [2.75, 3.05) is 39.2 Å². The van der Waals surface area contributed by atoms with E-state index in [4.69, 9.17) is 4.74 Å². The van der Waals surface area contributed by atoms with Crippen molar-refractivity contribution in [1.29, 1.82) is 0 Å². The molecule has 0 saturated carbocycles. The number of nitrogens with one attached hydrogen (secondary N) is 2. The molecule has 3 rings (SSSR count). The first-order chi connectivity index (χ1) is 12.2. The topological polar surface area (TPSA) is 61.8 Å². The highest BCUT2D eigenvalue weighted by Crippen LogP contribution is 2.32. The highest BCUT2D eigenvalue weighted by atomic mass is 32.1. The average Bonchev–Trinajstić information content (AvgIpc) is 3.11. The van der Waals surface area contributed by atoms with Crippen molar-refractivity contribution < 1.29 is 4.74 Å². The minimum atomic E-state index is 0.433. The number of rotatable bonds is 5. The lowest BCUT2D eigenvalue weighted by molar-refractivity contribution is 0.267. The number of nitrogens with zero attached hydrogens (tertiary/aromatic N) is 3. The molecule has 0 amide bonds. The summed E-state index contributed by atoms with van der Waals surface area (Å²) in [5.41, 5.74) is 2.29. The summed E-state index contributed by atoms with van der Waals surface area (Å²) in [6, 6.07) is 8.28. The monoisotopic (exact) mass is 359 g/mol. The van der Waals surface area contributed by atoms with E-state index in [2.05, 4.69) is 38.1 Å². The Morgan fingerprint density at radius 1 is 1.36 bits per heavy atom. The van der Waals surface area contributed by atoms with Gasteiger partial charge in [0.15, 0.2) is 11.1 Å². The van der Waals surface area contributed by atoms with Gasteiger partial charge >= 0.3 is 0 Å². The zero-order valence-corrected chi connectivity index (χ0v) is 15.8. The number of guanidine groups is 1. The minimum absolute atomic E-state index is 0.433. The number of aliphatic imine (C=N–C) groups is 1. The Hall–Kier alpha value is -2.28. The molecule has 1 unspecified atom stereocenters. The van der Waals surface area contributed by atoms with Crippen LogP contribution in [0.2, 0.25) is 0 Å². The molecule has 0 bridgehead atoms. The van der Waals surface area contributed by atoms with E-state index in [1.165, 1.54) is 5.56 Å². The van der Waals surface area contributed by atoms with Gasteiger partial charge in [0.05, 0.1) is 18.8 Å². The molecule has 2 heterocycles. The molecular weight excluding hydrogens is 334 g/mol. The van der Waals surface area contributed by atoms with Crippen molar-refractivity contribution in [3.63, 3.8) is 0 Å². The molecule has 25 heavy (non-hydrogen) atoms. The second kappa shape index (κ2) is 8.20. The zero-order chi connectivity index (χ0) is 17.6. The number of hydrogen-bond acceptors (Lipinski definition) is 5. The quantitative estimate of drug-likeness (QED) is 0.634. The molecule has 1 aromatic heterocycles. The van der Waals surface area contributed by atoms with Crippen LogP contribution in [-0.4, -0.2) is 45.2 Å². The van der Waals surface area contributed by atoms with E-state index in [0.717, 1.165) is 42.1 Å². The Bertz CT molecular complexity index is 728. The molecule has 1 aromatic carbocycles. The van der Waals surface area contributed by atoms with Crippen molar-refractivity contribution >= 4 is 22.4 Å². The largest absolute Gasteiger partial charge is 0.493 e. The first-order valence-corrected chi connectivity index (χ1v) is 9.33. The molecule has 6 nitrogen and oxygen atoms in total. The van der Waals surface area contributed by atoms with Gasteiger partial charge in [-0.15, -0.1) is 11.3 Å². The van der Waals surface area contributed by atoms with Crippen LogP contribution in [0.25, 0.3) is 0 Å². The zero-order valence-electron chi connectivity index (χ0n) is 15.0. The minimum Gasteiger partial charge on any atom is -0.493 e. The fourth-order valence-electron chi connectivity index (χ4n) is 2.83. The molecule has 0 saturated heterocycles. The van der Waals surface area contributed by atoms with Gasteiger partial charge < -0.3 is 20.3 Å². The molecule has 0 radical (unpaired) electrons. The third-order valence-corrected chi connectivity index (χ3v) is 5.24. The Balaban J connectivity index is 1.53. The molecule has 1 aliphatic rings. The molecule has 7 heteroatoms. The number of hydrogen-bond donors (Lipinski definition) is 2. The fraction of sp³-hybridized carbons (Fsp3) is 0.444. The molecule has 0 aliphatic carbocycles. The van der Waals surface area contributed by atoms with Gasteiger partial charge in [-0.1, -0.05) is 18.2 Å². The molecular formula is C18H25N5OS. The summed E-state index contributed by atoms with van der Waals surface area (Å²) in [5.74, 6) is 2.23. The van der Waals surface area contributed by atoms with Gasteiger partial charge in [-0.2, -0.15) is 0 Å². The van der Waals surface area contributed by atoms with Crippen LogP contribution in [0.1, 0.15) is 23.6 Å². The lowest BCUT2D eigenvalue weighted by Gasteiger charge is -2.26. The van der Waals surface area contributed by atoms with Crippen LogP contribution in [0.3, 0.4) is 0 Å². The van der Waals surface area contributed by atoms with Gasteiger partial charge in [0.1, 0.15) is 5.75 Å². The number of benzene rings is 1. The van der Waals surface area contributed by atoms with Crippen LogP contribution in [0, 0.1) is 0 Å². The molecule has 0 fully saturated rings. The standard InChI is InChI=1S/C18H25N5OS/c1-19-17(21-11-14-12-25-18(22-14)23(2)3)20-10-13-8-9-24-16-7-5-4-6-15(13)16/h4-7,12-13H,8-11H2,1-3H3,(H2,19,20,21). The van der Waals surface area contributed by atoms with E-state index < -0.39 is 0 Å². The number of para-hydroxylation sites is 1. The van der Waals surface area contributed by atoms with Crippen LogP contribution in [0.4, 0.5) is 5.13 Å². The van der Waals surface area contributed by atoms with E-state index in [1.807, 2.05) is 31.1 Å². The van der Waals surface area contributed by atoms with Crippen molar-refractivity contribution in [2.45, 2.75) is 18.9 Å². The second-order valence-electron chi connectivity index (χ2n) is 6.19. The highest BCUT2D eigenvalue weighted by Gasteiger charge is 2.21. The summed E-state index contributed by atoms with van der Waals surface area (Å²) >= 11 is 1.65. The van der Waals surface area contributed by atoms with E-state index in [0.29, 0.717) is 12.5 Å². The SMILES string of the molecule is CN=C(NCc1csc(N(C)C)n1)NCC1CCOc2ccccc21. The summed E-state index contributed by atoms with van der Waals surface area (Å²) in [4.78, 5) is 10.9. The van der Waals surface area contributed by atoms with E-state index in [-0.39, 0.29) is 0 Å². The molecule has 2 N–H and O–H groups in total. The second-order valence-corrected chi connectivity index (χ2v) is 7.03. The molecule has 134 valence electrons. The summed E-state index contributed by atoms with van der Waals surface area (Å²) in [5, 5.41) is 9.85. The number of thiazole rings is 1. The van der Waals surface area contributed by atoms with Gasteiger partial charge in [0.2, 0.25) is 0 Å². The fourth-order valence-corrected chi connectivity index (χ4v) is 3.58. The Morgan fingerprint density at radius 3 is 2.96 bits per heavy atom.